The monoisotopic (exact) mass is 258 g/mol. The average molecular weight is 258 g/mol. The molecule has 0 aromatic carbocycles. The summed E-state index contributed by atoms with van der Waals surface area (Å²) in [4.78, 5) is 11.8. The van der Waals surface area contributed by atoms with E-state index in [1.165, 1.54) is 0 Å². The van der Waals surface area contributed by atoms with Crippen LogP contribution in [0.3, 0.4) is 0 Å². The lowest BCUT2D eigenvalue weighted by atomic mass is 10.2. The molecule has 0 saturated carbocycles. The molecular formula is C14H26O4. The summed E-state index contributed by atoms with van der Waals surface area (Å²) < 4.78 is 16.0. The highest BCUT2D eigenvalue weighted by Crippen LogP contribution is 2.09. The van der Waals surface area contributed by atoms with E-state index in [0.717, 1.165) is 6.42 Å². The van der Waals surface area contributed by atoms with Gasteiger partial charge in [-0.25, -0.2) is 4.79 Å². The molecule has 0 rings (SSSR count). The van der Waals surface area contributed by atoms with Crippen LogP contribution in [0.5, 0.6) is 0 Å². The van der Waals surface area contributed by atoms with Crippen LogP contribution in [0.15, 0.2) is 11.6 Å². The third-order valence-corrected chi connectivity index (χ3v) is 2.47. The molecule has 2 atom stereocenters. The Morgan fingerprint density at radius 1 is 1.06 bits per heavy atom. The second-order valence-electron chi connectivity index (χ2n) is 3.95. The van der Waals surface area contributed by atoms with Crippen molar-refractivity contribution in [1.82, 2.24) is 0 Å². The summed E-state index contributed by atoms with van der Waals surface area (Å²) in [6.07, 6.45) is 2.80. The van der Waals surface area contributed by atoms with Gasteiger partial charge in [-0.05, 0) is 33.3 Å². The predicted octanol–water partition coefficient (Wildman–Crippen LogP) is 3.06. The van der Waals surface area contributed by atoms with Gasteiger partial charge in [0.1, 0.15) is 0 Å². The SMILES string of the molecule is CCOC(/C=C(\C)C(=O)OC(CC)OCC)CC. The van der Waals surface area contributed by atoms with E-state index in [-0.39, 0.29) is 12.1 Å². The number of ether oxygens (including phenoxy) is 3. The summed E-state index contributed by atoms with van der Waals surface area (Å²) in [6.45, 7) is 10.7. The van der Waals surface area contributed by atoms with Crippen LogP contribution in [0.2, 0.25) is 0 Å². The molecule has 0 saturated heterocycles. The minimum atomic E-state index is -0.460. The van der Waals surface area contributed by atoms with Crippen molar-refractivity contribution in [3.8, 4) is 0 Å². The average Bonchev–Trinajstić information content (AvgIpc) is 2.37. The number of hydrogen-bond donors (Lipinski definition) is 0. The van der Waals surface area contributed by atoms with E-state index in [0.29, 0.717) is 25.2 Å². The number of hydrogen-bond acceptors (Lipinski definition) is 4. The van der Waals surface area contributed by atoms with Crippen molar-refractivity contribution in [3.63, 3.8) is 0 Å². The molecule has 0 aromatic rings. The zero-order valence-electron chi connectivity index (χ0n) is 12.2. The summed E-state index contributed by atoms with van der Waals surface area (Å²) in [5.41, 5.74) is 0.563. The van der Waals surface area contributed by atoms with Gasteiger partial charge in [0, 0.05) is 25.2 Å². The molecule has 0 aliphatic carbocycles. The summed E-state index contributed by atoms with van der Waals surface area (Å²) in [6, 6.07) is 0. The van der Waals surface area contributed by atoms with E-state index >= 15 is 0 Å². The number of carbonyl (C=O) groups excluding carboxylic acids is 1. The van der Waals surface area contributed by atoms with Gasteiger partial charge in [-0.1, -0.05) is 13.8 Å². The van der Waals surface area contributed by atoms with Gasteiger partial charge < -0.3 is 14.2 Å². The minimum Gasteiger partial charge on any atom is -0.432 e. The normalized spacial score (nSPS) is 15.3. The summed E-state index contributed by atoms with van der Waals surface area (Å²) in [5, 5.41) is 0. The topological polar surface area (TPSA) is 44.8 Å². The van der Waals surface area contributed by atoms with Gasteiger partial charge >= 0.3 is 5.97 Å². The third-order valence-electron chi connectivity index (χ3n) is 2.47. The molecule has 18 heavy (non-hydrogen) atoms. The van der Waals surface area contributed by atoms with Crippen molar-refractivity contribution < 1.29 is 19.0 Å². The highest BCUT2D eigenvalue weighted by molar-refractivity contribution is 5.87. The molecule has 106 valence electrons. The van der Waals surface area contributed by atoms with Crippen molar-refractivity contribution in [2.45, 2.75) is 59.9 Å². The van der Waals surface area contributed by atoms with Crippen LogP contribution < -0.4 is 0 Å². The fourth-order valence-electron chi connectivity index (χ4n) is 1.48. The Labute approximate surface area is 110 Å². The second-order valence-corrected chi connectivity index (χ2v) is 3.95. The molecule has 0 fully saturated rings. The molecule has 0 heterocycles. The van der Waals surface area contributed by atoms with E-state index in [1.54, 1.807) is 6.92 Å². The number of rotatable bonds is 9. The molecular weight excluding hydrogens is 232 g/mol. The Bertz CT molecular complexity index is 261. The van der Waals surface area contributed by atoms with Crippen molar-refractivity contribution in [2.75, 3.05) is 13.2 Å². The zero-order chi connectivity index (χ0) is 14.0. The highest BCUT2D eigenvalue weighted by atomic mass is 16.7. The van der Waals surface area contributed by atoms with Crippen LogP contribution in [0.1, 0.15) is 47.5 Å². The van der Waals surface area contributed by atoms with Crippen molar-refractivity contribution >= 4 is 5.97 Å². The van der Waals surface area contributed by atoms with E-state index < -0.39 is 6.29 Å². The van der Waals surface area contributed by atoms with E-state index in [2.05, 4.69) is 0 Å². The number of carbonyl (C=O) groups is 1. The van der Waals surface area contributed by atoms with Gasteiger partial charge in [0.15, 0.2) is 0 Å². The number of esters is 1. The molecule has 0 aromatic heterocycles. The van der Waals surface area contributed by atoms with Gasteiger partial charge in [-0.15, -0.1) is 0 Å². The molecule has 0 bridgehead atoms. The standard InChI is InChI=1S/C14H26O4/c1-6-12(16-8-3)10-11(5)14(15)18-13(7-2)17-9-4/h10,12-13H,6-9H2,1-5H3/b11-10+. The van der Waals surface area contributed by atoms with Crippen LogP contribution in [0, 0.1) is 0 Å². The lowest BCUT2D eigenvalue weighted by Crippen LogP contribution is -2.22. The van der Waals surface area contributed by atoms with Crippen LogP contribution >= 0.6 is 0 Å². The van der Waals surface area contributed by atoms with Crippen molar-refractivity contribution in [1.29, 1.82) is 0 Å². The maximum absolute atomic E-state index is 11.8. The van der Waals surface area contributed by atoms with Crippen LogP contribution in [-0.2, 0) is 19.0 Å². The molecule has 0 N–H and O–H groups in total. The molecule has 2 unspecified atom stereocenters. The first-order valence-corrected chi connectivity index (χ1v) is 6.71. The molecule has 0 aliphatic rings. The van der Waals surface area contributed by atoms with Crippen LogP contribution in [-0.4, -0.2) is 31.6 Å². The Balaban J connectivity index is 4.42. The van der Waals surface area contributed by atoms with Gasteiger partial charge in [0.25, 0.3) is 0 Å². The Kier molecular flexibility index (Phi) is 9.60. The quantitative estimate of drug-likeness (QED) is 0.362. The maximum Gasteiger partial charge on any atom is 0.335 e. The first-order valence-electron chi connectivity index (χ1n) is 6.71. The summed E-state index contributed by atoms with van der Waals surface area (Å²) in [5.74, 6) is -0.339. The fourth-order valence-corrected chi connectivity index (χ4v) is 1.48. The second kappa shape index (κ2) is 10.1. The van der Waals surface area contributed by atoms with Crippen molar-refractivity contribution in [3.05, 3.63) is 11.6 Å². The summed E-state index contributed by atoms with van der Waals surface area (Å²) >= 11 is 0. The van der Waals surface area contributed by atoms with Crippen molar-refractivity contribution in [2.24, 2.45) is 0 Å². The van der Waals surface area contributed by atoms with E-state index in [9.17, 15) is 4.79 Å². The first kappa shape index (κ1) is 17.1. The Hall–Kier alpha value is -0.870. The third kappa shape index (κ3) is 6.77. The molecule has 0 amide bonds. The zero-order valence-corrected chi connectivity index (χ0v) is 12.2. The van der Waals surface area contributed by atoms with Crippen LogP contribution in [0.4, 0.5) is 0 Å². The van der Waals surface area contributed by atoms with E-state index in [1.807, 2.05) is 33.8 Å². The first-order chi connectivity index (χ1) is 8.58. The molecule has 4 heteroatoms. The Morgan fingerprint density at radius 2 is 1.67 bits per heavy atom. The molecule has 0 aliphatic heterocycles. The lowest BCUT2D eigenvalue weighted by molar-refractivity contribution is -0.173. The van der Waals surface area contributed by atoms with Gasteiger partial charge in [-0.2, -0.15) is 0 Å². The maximum atomic E-state index is 11.8. The molecule has 0 spiro atoms. The highest BCUT2D eigenvalue weighted by Gasteiger charge is 2.15. The fraction of sp³-hybridized carbons (Fsp3) is 0.786. The Morgan fingerprint density at radius 3 is 2.11 bits per heavy atom. The van der Waals surface area contributed by atoms with Crippen LogP contribution in [0.25, 0.3) is 0 Å². The van der Waals surface area contributed by atoms with Gasteiger partial charge in [0.05, 0.1) is 6.10 Å². The minimum absolute atomic E-state index is 0.0327. The van der Waals surface area contributed by atoms with E-state index in [4.69, 9.17) is 14.2 Å². The lowest BCUT2D eigenvalue weighted by Gasteiger charge is -2.17. The summed E-state index contributed by atoms with van der Waals surface area (Å²) in [7, 11) is 0. The smallest absolute Gasteiger partial charge is 0.335 e. The van der Waals surface area contributed by atoms with Gasteiger partial charge in [-0.3, -0.25) is 0 Å². The van der Waals surface area contributed by atoms with Gasteiger partial charge in [0.2, 0.25) is 6.29 Å². The predicted molar refractivity (Wildman–Crippen MR) is 71.3 cm³/mol. The molecule has 4 nitrogen and oxygen atoms in total. The largest absolute Gasteiger partial charge is 0.432 e. The molecule has 0 radical (unpaired) electrons.